The maximum absolute atomic E-state index is 12.9. The minimum Gasteiger partial charge on any atom is -0.465 e. The highest BCUT2D eigenvalue weighted by molar-refractivity contribution is 5.96. The van der Waals surface area contributed by atoms with Crippen molar-refractivity contribution in [2.45, 2.75) is 26.3 Å². The Kier molecular flexibility index (Phi) is 8.65. The van der Waals surface area contributed by atoms with E-state index in [2.05, 4.69) is 10.6 Å². The molecule has 10 nitrogen and oxygen atoms in total. The van der Waals surface area contributed by atoms with Crippen LogP contribution in [-0.2, 0) is 23.9 Å². The monoisotopic (exact) mass is 460 g/mol. The van der Waals surface area contributed by atoms with Crippen LogP contribution in [0.2, 0.25) is 0 Å². The smallest absolute Gasteiger partial charge is 0.308 e. The zero-order valence-corrected chi connectivity index (χ0v) is 19.2. The first-order valence-electron chi connectivity index (χ1n) is 11.3. The second kappa shape index (κ2) is 11.6. The molecule has 3 rings (SSSR count). The third kappa shape index (κ3) is 6.92. The van der Waals surface area contributed by atoms with Gasteiger partial charge in [0.05, 0.1) is 32.8 Å². The van der Waals surface area contributed by atoms with Crippen molar-refractivity contribution >= 4 is 29.4 Å². The zero-order chi connectivity index (χ0) is 23.8. The molecule has 3 amide bonds. The Balaban J connectivity index is 1.58. The van der Waals surface area contributed by atoms with Gasteiger partial charge in [0.1, 0.15) is 6.04 Å². The summed E-state index contributed by atoms with van der Waals surface area (Å²) in [4.78, 5) is 53.2. The third-order valence-corrected chi connectivity index (χ3v) is 5.44. The number of nitrogens with zero attached hydrogens (tertiary/aromatic N) is 2. The number of benzene rings is 1. The number of rotatable bonds is 8. The molecule has 0 saturated carbocycles. The highest BCUT2D eigenvalue weighted by atomic mass is 16.5. The molecule has 1 aromatic carbocycles. The predicted octanol–water partition coefficient (Wildman–Crippen LogP) is 0.487. The summed E-state index contributed by atoms with van der Waals surface area (Å²) in [5.41, 5.74) is 1.15. The van der Waals surface area contributed by atoms with Gasteiger partial charge in [-0.15, -0.1) is 0 Å². The molecule has 1 aromatic rings. The van der Waals surface area contributed by atoms with Crippen molar-refractivity contribution in [2.24, 2.45) is 5.92 Å². The minimum atomic E-state index is -0.901. The summed E-state index contributed by atoms with van der Waals surface area (Å²) in [5, 5.41) is 5.73. The summed E-state index contributed by atoms with van der Waals surface area (Å²) in [6.07, 6.45) is -0.187. The maximum Gasteiger partial charge on any atom is 0.308 e. The van der Waals surface area contributed by atoms with Gasteiger partial charge in [-0.25, -0.2) is 0 Å². The van der Waals surface area contributed by atoms with Crippen LogP contribution in [0.4, 0.5) is 5.69 Å². The van der Waals surface area contributed by atoms with Crippen LogP contribution < -0.4 is 10.6 Å². The van der Waals surface area contributed by atoms with Gasteiger partial charge in [-0.1, -0.05) is 19.9 Å². The Morgan fingerprint density at radius 3 is 2.70 bits per heavy atom. The quantitative estimate of drug-likeness (QED) is 0.542. The number of amides is 3. The number of hydrogen-bond acceptors (Lipinski definition) is 7. The molecule has 2 aliphatic heterocycles. The van der Waals surface area contributed by atoms with Gasteiger partial charge in [0.15, 0.2) is 0 Å². The van der Waals surface area contributed by atoms with Crippen LogP contribution in [0.25, 0.3) is 0 Å². The van der Waals surface area contributed by atoms with Crippen LogP contribution in [0.15, 0.2) is 24.3 Å². The van der Waals surface area contributed by atoms with Crippen LogP contribution in [-0.4, -0.2) is 92.1 Å². The number of piperazine rings is 1. The first-order valence-corrected chi connectivity index (χ1v) is 11.3. The van der Waals surface area contributed by atoms with E-state index in [1.807, 2.05) is 13.8 Å². The molecule has 2 saturated heterocycles. The van der Waals surface area contributed by atoms with E-state index in [0.717, 1.165) is 0 Å². The molecule has 0 bridgehead atoms. The lowest BCUT2D eigenvalue weighted by molar-refractivity contribution is -0.152. The van der Waals surface area contributed by atoms with E-state index in [9.17, 15) is 19.2 Å². The van der Waals surface area contributed by atoms with Crippen molar-refractivity contribution in [1.82, 2.24) is 15.1 Å². The van der Waals surface area contributed by atoms with E-state index in [1.54, 1.807) is 29.2 Å². The van der Waals surface area contributed by atoms with Gasteiger partial charge < -0.3 is 29.9 Å². The molecule has 10 heteroatoms. The van der Waals surface area contributed by atoms with E-state index in [1.165, 1.54) is 4.90 Å². The Hall–Kier alpha value is -3.14. The van der Waals surface area contributed by atoms with Crippen LogP contribution >= 0.6 is 0 Å². The Labute approximate surface area is 193 Å². The van der Waals surface area contributed by atoms with Crippen molar-refractivity contribution in [2.75, 3.05) is 57.9 Å². The lowest BCUT2D eigenvalue weighted by atomic mass is 10.1. The molecule has 0 radical (unpaired) electrons. The van der Waals surface area contributed by atoms with E-state index >= 15 is 0 Å². The third-order valence-electron chi connectivity index (χ3n) is 5.44. The first-order chi connectivity index (χ1) is 15.8. The number of carbonyl (C=O) groups excluding carboxylic acids is 4. The SMILES string of the molecule is CC(C)COC(=O)CC1C(=O)NCCN1C(=O)CNc1cccc(C(=O)N2CCOCC2)c1. The van der Waals surface area contributed by atoms with Crippen molar-refractivity contribution in [3.63, 3.8) is 0 Å². The number of nitrogens with one attached hydrogen (secondary N) is 2. The number of esters is 1. The normalized spacial score (nSPS) is 18.6. The van der Waals surface area contributed by atoms with E-state index in [0.29, 0.717) is 50.6 Å². The fourth-order valence-corrected chi connectivity index (χ4v) is 3.68. The summed E-state index contributed by atoms with van der Waals surface area (Å²) in [6.45, 7) is 6.82. The van der Waals surface area contributed by atoms with Crippen LogP contribution in [0.5, 0.6) is 0 Å². The van der Waals surface area contributed by atoms with Crippen molar-refractivity contribution in [1.29, 1.82) is 0 Å². The standard InChI is InChI=1S/C23H32N4O6/c1-16(2)15-33-21(29)13-19-22(30)24-6-7-27(19)20(28)14-25-18-5-3-4-17(12-18)23(31)26-8-10-32-11-9-26/h3-5,12,16,19,25H,6-11,13-15H2,1-2H3,(H,24,30). The fraction of sp³-hybridized carbons (Fsp3) is 0.565. The number of ether oxygens (including phenoxy) is 2. The molecule has 2 N–H and O–H groups in total. The highest BCUT2D eigenvalue weighted by Crippen LogP contribution is 2.15. The molecule has 0 aromatic heterocycles. The summed E-state index contributed by atoms with van der Waals surface area (Å²) in [7, 11) is 0. The molecule has 1 atom stereocenters. The lowest BCUT2D eigenvalue weighted by Gasteiger charge is -2.34. The molecular weight excluding hydrogens is 428 g/mol. The Morgan fingerprint density at radius 1 is 1.21 bits per heavy atom. The van der Waals surface area contributed by atoms with E-state index in [-0.39, 0.29) is 43.2 Å². The van der Waals surface area contributed by atoms with Crippen LogP contribution in [0, 0.1) is 5.92 Å². The molecule has 180 valence electrons. The molecule has 2 heterocycles. The molecule has 2 aliphatic rings. The second-order valence-corrected chi connectivity index (χ2v) is 8.51. The number of hydrogen-bond donors (Lipinski definition) is 2. The van der Waals surface area contributed by atoms with Gasteiger partial charge >= 0.3 is 5.97 Å². The second-order valence-electron chi connectivity index (χ2n) is 8.51. The van der Waals surface area contributed by atoms with Crippen molar-refractivity contribution < 1.29 is 28.7 Å². The maximum atomic E-state index is 12.9. The molecule has 33 heavy (non-hydrogen) atoms. The van der Waals surface area contributed by atoms with Crippen LogP contribution in [0.1, 0.15) is 30.6 Å². The van der Waals surface area contributed by atoms with Gasteiger partial charge in [-0.3, -0.25) is 19.2 Å². The summed E-state index contributed by atoms with van der Waals surface area (Å²) < 4.78 is 10.5. The van der Waals surface area contributed by atoms with Gasteiger partial charge in [0, 0.05) is 37.4 Å². The number of morpholine rings is 1. The fourth-order valence-electron chi connectivity index (χ4n) is 3.68. The van der Waals surface area contributed by atoms with Crippen LogP contribution in [0.3, 0.4) is 0 Å². The van der Waals surface area contributed by atoms with Gasteiger partial charge in [-0.2, -0.15) is 0 Å². The van der Waals surface area contributed by atoms with E-state index in [4.69, 9.17) is 9.47 Å². The predicted molar refractivity (Wildman–Crippen MR) is 121 cm³/mol. The van der Waals surface area contributed by atoms with Crippen molar-refractivity contribution in [3.8, 4) is 0 Å². The highest BCUT2D eigenvalue weighted by Gasteiger charge is 2.35. The zero-order valence-electron chi connectivity index (χ0n) is 19.2. The summed E-state index contributed by atoms with van der Waals surface area (Å²) in [5.74, 6) is -1.08. The van der Waals surface area contributed by atoms with Gasteiger partial charge in [0.2, 0.25) is 11.8 Å². The average molecular weight is 461 g/mol. The summed E-state index contributed by atoms with van der Waals surface area (Å²) >= 11 is 0. The summed E-state index contributed by atoms with van der Waals surface area (Å²) in [6, 6.07) is 6.06. The van der Waals surface area contributed by atoms with E-state index < -0.39 is 12.0 Å². The number of anilines is 1. The molecule has 0 aliphatic carbocycles. The largest absolute Gasteiger partial charge is 0.465 e. The van der Waals surface area contributed by atoms with Gasteiger partial charge in [0.25, 0.3) is 5.91 Å². The van der Waals surface area contributed by atoms with Gasteiger partial charge in [-0.05, 0) is 24.1 Å². The average Bonchev–Trinajstić information content (AvgIpc) is 2.82. The molecule has 2 fully saturated rings. The Morgan fingerprint density at radius 2 is 1.97 bits per heavy atom. The van der Waals surface area contributed by atoms with Crippen molar-refractivity contribution in [3.05, 3.63) is 29.8 Å². The molecule has 1 unspecified atom stereocenters. The lowest BCUT2D eigenvalue weighted by Crippen LogP contribution is -2.58. The topological polar surface area (TPSA) is 117 Å². The Bertz CT molecular complexity index is 868. The molecule has 0 spiro atoms. The number of carbonyl (C=O) groups is 4. The minimum absolute atomic E-state index is 0.0694. The first kappa shape index (κ1) is 24.5. The molecular formula is C23H32N4O6.